The van der Waals surface area contributed by atoms with Crippen LogP contribution in [0.2, 0.25) is 0 Å². The molecule has 20 heavy (non-hydrogen) atoms. The molecule has 0 saturated carbocycles. The molecule has 2 rings (SSSR count). The molecule has 106 valence electrons. The summed E-state index contributed by atoms with van der Waals surface area (Å²) in [6.45, 7) is 0.562. The highest BCUT2D eigenvalue weighted by atomic mass is 79.9. The molecule has 0 radical (unpaired) electrons. The van der Waals surface area contributed by atoms with Gasteiger partial charge in [0.05, 0.1) is 5.56 Å². The number of hydrogen-bond donors (Lipinski definition) is 1. The summed E-state index contributed by atoms with van der Waals surface area (Å²) in [6, 6.07) is 3.93. The van der Waals surface area contributed by atoms with Crippen LogP contribution in [0.1, 0.15) is 11.1 Å². The predicted molar refractivity (Wildman–Crippen MR) is 72.9 cm³/mol. The fourth-order valence-corrected chi connectivity index (χ4v) is 2.10. The number of rotatable bonds is 3. The van der Waals surface area contributed by atoms with Gasteiger partial charge in [0.1, 0.15) is 0 Å². The smallest absolute Gasteiger partial charge is 0.316 e. The third-order valence-corrected chi connectivity index (χ3v) is 3.11. The van der Waals surface area contributed by atoms with Crippen molar-refractivity contribution in [2.45, 2.75) is 12.7 Å². The molecule has 3 nitrogen and oxygen atoms in total. The summed E-state index contributed by atoms with van der Waals surface area (Å²) in [6.07, 6.45) is -1.42. The van der Waals surface area contributed by atoms with E-state index in [2.05, 4.69) is 31.2 Å². The van der Waals surface area contributed by atoms with Crippen LogP contribution in [0.3, 0.4) is 0 Å². The Balaban J connectivity index is 2.47. The molecule has 0 amide bonds. The van der Waals surface area contributed by atoms with E-state index in [4.69, 9.17) is 0 Å². The van der Waals surface area contributed by atoms with E-state index in [0.29, 0.717) is 11.0 Å². The summed E-state index contributed by atoms with van der Waals surface area (Å²) in [7, 11) is 1.77. The van der Waals surface area contributed by atoms with Crippen LogP contribution in [0.4, 0.5) is 13.2 Å². The number of hydrogen-bond acceptors (Lipinski definition) is 3. The maximum atomic E-state index is 13.0. The molecule has 1 N–H and O–H groups in total. The maximum absolute atomic E-state index is 13.0. The third-order valence-electron chi connectivity index (χ3n) is 2.61. The average molecular weight is 346 g/mol. The highest BCUT2D eigenvalue weighted by molar-refractivity contribution is 9.10. The van der Waals surface area contributed by atoms with Crippen molar-refractivity contribution in [2.75, 3.05) is 7.05 Å². The van der Waals surface area contributed by atoms with E-state index in [-0.39, 0.29) is 11.4 Å². The molecule has 0 aliphatic heterocycles. The number of aromatic nitrogens is 2. The molecule has 1 aromatic carbocycles. The van der Waals surface area contributed by atoms with Gasteiger partial charge in [-0.2, -0.15) is 13.2 Å². The van der Waals surface area contributed by atoms with Crippen molar-refractivity contribution in [1.82, 2.24) is 15.3 Å². The largest absolute Gasteiger partial charge is 0.417 e. The van der Waals surface area contributed by atoms with Crippen molar-refractivity contribution < 1.29 is 13.2 Å². The molecular weight excluding hydrogens is 335 g/mol. The van der Waals surface area contributed by atoms with Crippen molar-refractivity contribution in [3.8, 4) is 11.4 Å². The average Bonchev–Trinajstić information content (AvgIpc) is 2.39. The van der Waals surface area contributed by atoms with Crippen LogP contribution in [0.25, 0.3) is 11.4 Å². The van der Waals surface area contributed by atoms with Gasteiger partial charge in [0.2, 0.25) is 0 Å². The summed E-state index contributed by atoms with van der Waals surface area (Å²) < 4.78 is 39.4. The van der Waals surface area contributed by atoms with Gasteiger partial charge in [0, 0.05) is 34.5 Å². The molecule has 1 aromatic heterocycles. The van der Waals surface area contributed by atoms with E-state index in [1.54, 1.807) is 7.05 Å². The van der Waals surface area contributed by atoms with Crippen LogP contribution in [0.15, 0.2) is 35.1 Å². The van der Waals surface area contributed by atoms with Crippen LogP contribution in [0, 0.1) is 0 Å². The molecule has 0 atom stereocenters. The lowest BCUT2D eigenvalue weighted by Crippen LogP contribution is -2.09. The number of nitrogens with zero attached hydrogens (tertiary/aromatic N) is 2. The van der Waals surface area contributed by atoms with Crippen LogP contribution in [-0.4, -0.2) is 17.0 Å². The molecule has 0 aliphatic rings. The second-order valence-corrected chi connectivity index (χ2v) is 5.05. The lowest BCUT2D eigenvalue weighted by atomic mass is 10.1. The topological polar surface area (TPSA) is 37.8 Å². The number of alkyl halides is 3. The first-order valence-electron chi connectivity index (χ1n) is 5.74. The molecule has 1 heterocycles. The van der Waals surface area contributed by atoms with Crippen molar-refractivity contribution in [3.63, 3.8) is 0 Å². The van der Waals surface area contributed by atoms with Crippen LogP contribution >= 0.6 is 15.9 Å². The molecule has 0 fully saturated rings. The van der Waals surface area contributed by atoms with Crippen molar-refractivity contribution in [3.05, 3.63) is 46.2 Å². The molecule has 0 bridgehead atoms. The Hall–Kier alpha value is -1.47. The van der Waals surface area contributed by atoms with Gasteiger partial charge in [0.15, 0.2) is 5.82 Å². The van der Waals surface area contributed by atoms with Crippen molar-refractivity contribution >= 4 is 15.9 Å². The standard InChI is InChI=1S/C13H11BrF3N3/c1-18-5-8-6-19-12(20-7-8)10-3-2-9(14)4-11(10)13(15,16)17/h2-4,6-7,18H,5H2,1H3. The number of nitrogens with one attached hydrogen (secondary N) is 1. The lowest BCUT2D eigenvalue weighted by Gasteiger charge is -2.12. The Morgan fingerprint density at radius 2 is 1.85 bits per heavy atom. The zero-order chi connectivity index (χ0) is 14.8. The summed E-state index contributed by atoms with van der Waals surface area (Å²) in [5.41, 5.74) is 0.0202. The van der Waals surface area contributed by atoms with Gasteiger partial charge < -0.3 is 5.32 Å². The zero-order valence-electron chi connectivity index (χ0n) is 10.5. The number of benzene rings is 1. The monoisotopic (exact) mass is 345 g/mol. The first-order valence-corrected chi connectivity index (χ1v) is 6.54. The quantitative estimate of drug-likeness (QED) is 0.922. The van der Waals surface area contributed by atoms with Crippen LogP contribution in [-0.2, 0) is 12.7 Å². The summed E-state index contributed by atoms with van der Waals surface area (Å²) in [5, 5.41) is 2.92. The highest BCUT2D eigenvalue weighted by Crippen LogP contribution is 2.37. The van der Waals surface area contributed by atoms with Gasteiger partial charge in [-0.1, -0.05) is 15.9 Å². The fraction of sp³-hybridized carbons (Fsp3) is 0.231. The predicted octanol–water partition coefficient (Wildman–Crippen LogP) is 3.64. The minimum atomic E-state index is -4.45. The van der Waals surface area contributed by atoms with Gasteiger partial charge >= 0.3 is 6.18 Å². The summed E-state index contributed by atoms with van der Waals surface area (Å²) >= 11 is 3.04. The van der Waals surface area contributed by atoms with E-state index in [1.165, 1.54) is 24.5 Å². The second kappa shape index (κ2) is 5.88. The van der Waals surface area contributed by atoms with E-state index >= 15 is 0 Å². The molecule has 7 heteroatoms. The van der Waals surface area contributed by atoms with Crippen molar-refractivity contribution in [1.29, 1.82) is 0 Å². The van der Waals surface area contributed by atoms with Crippen molar-refractivity contribution in [2.24, 2.45) is 0 Å². The van der Waals surface area contributed by atoms with E-state index in [1.807, 2.05) is 0 Å². The minimum Gasteiger partial charge on any atom is -0.316 e. The van der Waals surface area contributed by atoms with Crippen LogP contribution < -0.4 is 5.32 Å². The Morgan fingerprint density at radius 3 is 2.40 bits per heavy atom. The van der Waals surface area contributed by atoms with E-state index in [0.717, 1.165) is 11.6 Å². The molecular formula is C13H11BrF3N3. The lowest BCUT2D eigenvalue weighted by molar-refractivity contribution is -0.137. The third kappa shape index (κ3) is 3.34. The molecule has 0 saturated heterocycles. The Labute approximate surface area is 122 Å². The van der Waals surface area contributed by atoms with Crippen LogP contribution in [0.5, 0.6) is 0 Å². The highest BCUT2D eigenvalue weighted by Gasteiger charge is 2.34. The molecule has 2 aromatic rings. The summed E-state index contributed by atoms with van der Waals surface area (Å²) in [4.78, 5) is 8.01. The van der Waals surface area contributed by atoms with E-state index < -0.39 is 11.7 Å². The zero-order valence-corrected chi connectivity index (χ0v) is 12.1. The van der Waals surface area contributed by atoms with Gasteiger partial charge in [-0.25, -0.2) is 9.97 Å². The van der Waals surface area contributed by atoms with Gasteiger partial charge in [-0.05, 0) is 25.2 Å². The Kier molecular flexibility index (Phi) is 4.39. The first kappa shape index (κ1) is 14.9. The normalized spacial score (nSPS) is 11.7. The maximum Gasteiger partial charge on any atom is 0.417 e. The first-order chi connectivity index (χ1) is 9.41. The molecule has 0 unspecified atom stereocenters. The molecule has 0 aliphatic carbocycles. The Morgan fingerprint density at radius 1 is 1.20 bits per heavy atom. The minimum absolute atomic E-state index is 0.0308. The fourth-order valence-electron chi connectivity index (χ4n) is 1.74. The summed E-state index contributed by atoms with van der Waals surface area (Å²) in [5.74, 6) is 0.0599. The number of halogens is 4. The van der Waals surface area contributed by atoms with Gasteiger partial charge in [-0.15, -0.1) is 0 Å². The van der Waals surface area contributed by atoms with Gasteiger partial charge in [-0.3, -0.25) is 0 Å². The SMILES string of the molecule is CNCc1cnc(-c2ccc(Br)cc2C(F)(F)F)nc1. The second-order valence-electron chi connectivity index (χ2n) is 4.13. The van der Waals surface area contributed by atoms with Gasteiger partial charge in [0.25, 0.3) is 0 Å². The van der Waals surface area contributed by atoms with E-state index in [9.17, 15) is 13.2 Å². The molecule has 0 spiro atoms. The Bertz CT molecular complexity index is 597.